The average Bonchev–Trinajstić information content (AvgIpc) is 3.37. The zero-order valence-corrected chi connectivity index (χ0v) is 26.4. The molecule has 2 heterocycles. The second-order valence-corrected chi connectivity index (χ2v) is 13.0. The highest BCUT2D eigenvalue weighted by molar-refractivity contribution is 6.25. The van der Waals surface area contributed by atoms with Crippen molar-refractivity contribution in [2.45, 2.75) is 19.3 Å². The van der Waals surface area contributed by atoms with Crippen molar-refractivity contribution >= 4 is 21.5 Å². The van der Waals surface area contributed by atoms with Crippen LogP contribution in [0, 0.1) is 0 Å². The molecule has 0 N–H and O–H groups in total. The van der Waals surface area contributed by atoms with Gasteiger partial charge in [0.25, 0.3) is 0 Å². The van der Waals surface area contributed by atoms with E-state index < -0.39 is 0 Å². The summed E-state index contributed by atoms with van der Waals surface area (Å²) in [5.74, 6) is 0. The lowest BCUT2D eigenvalue weighted by atomic mass is 9.79. The van der Waals surface area contributed by atoms with Crippen LogP contribution in [0.4, 0.5) is 0 Å². The van der Waals surface area contributed by atoms with E-state index in [1.165, 1.54) is 60.5 Å². The van der Waals surface area contributed by atoms with Crippen LogP contribution in [0.15, 0.2) is 158 Å². The van der Waals surface area contributed by atoms with Crippen molar-refractivity contribution in [2.75, 3.05) is 0 Å². The molecule has 0 saturated heterocycles. The third-order valence-electron chi connectivity index (χ3n) is 9.91. The fourth-order valence-electron chi connectivity index (χ4n) is 7.69. The number of pyridine rings is 2. The molecule has 6 aromatic carbocycles. The van der Waals surface area contributed by atoms with E-state index in [0.717, 1.165) is 28.2 Å². The molecular weight excluding hydrogens is 569 g/mol. The Morgan fingerprint density at radius 3 is 1.72 bits per heavy atom. The van der Waals surface area contributed by atoms with E-state index in [4.69, 9.17) is 4.98 Å². The van der Waals surface area contributed by atoms with E-state index >= 15 is 0 Å². The van der Waals surface area contributed by atoms with Crippen LogP contribution < -0.4 is 0 Å². The fraction of sp³-hybridized carbons (Fsp3) is 0.0667. The molecule has 0 radical (unpaired) electrons. The smallest absolute Gasteiger partial charge is 0.0759 e. The van der Waals surface area contributed by atoms with Crippen LogP contribution in [0.25, 0.3) is 77.6 Å². The topological polar surface area (TPSA) is 25.8 Å². The van der Waals surface area contributed by atoms with Crippen LogP contribution in [-0.4, -0.2) is 9.97 Å². The van der Waals surface area contributed by atoms with Crippen molar-refractivity contribution in [1.29, 1.82) is 0 Å². The number of benzene rings is 6. The molecular formula is C45H32N2. The Bertz CT molecular complexity index is 2460. The van der Waals surface area contributed by atoms with Gasteiger partial charge in [0, 0.05) is 33.7 Å². The van der Waals surface area contributed by atoms with Gasteiger partial charge in [0.1, 0.15) is 0 Å². The normalized spacial score (nSPS) is 13.1. The molecule has 2 nitrogen and oxygen atoms in total. The van der Waals surface area contributed by atoms with E-state index in [0.29, 0.717) is 0 Å². The Labute approximate surface area is 275 Å². The van der Waals surface area contributed by atoms with Gasteiger partial charge < -0.3 is 0 Å². The first-order valence-electron chi connectivity index (χ1n) is 16.3. The van der Waals surface area contributed by atoms with Crippen molar-refractivity contribution in [3.8, 4) is 56.0 Å². The first-order valence-corrected chi connectivity index (χ1v) is 16.3. The Balaban J connectivity index is 1.39. The van der Waals surface area contributed by atoms with Crippen molar-refractivity contribution in [3.05, 3.63) is 169 Å². The molecule has 0 spiro atoms. The standard InChI is InChI=1S/C45H32N2/c1-45(2)36-24-23-35-40(29-14-5-3-6-15-29)33-20-9-10-21-34(33)41(30-16-7-4-8-17-30)42(35)43(36)44-37(45)25-26-39(47-44)32-19-13-18-31(28-32)38-22-11-12-27-46-38/h3-28H,1-2H3. The first kappa shape index (κ1) is 27.5. The molecule has 1 aliphatic carbocycles. The highest BCUT2D eigenvalue weighted by Crippen LogP contribution is 2.55. The lowest BCUT2D eigenvalue weighted by molar-refractivity contribution is 0.659. The molecule has 2 heteroatoms. The molecule has 8 aromatic rings. The monoisotopic (exact) mass is 600 g/mol. The number of hydrogen-bond acceptors (Lipinski definition) is 2. The highest BCUT2D eigenvalue weighted by atomic mass is 14.7. The van der Waals surface area contributed by atoms with Crippen molar-refractivity contribution in [3.63, 3.8) is 0 Å². The minimum Gasteiger partial charge on any atom is -0.256 e. The van der Waals surface area contributed by atoms with Crippen LogP contribution in [0.5, 0.6) is 0 Å². The molecule has 0 bridgehead atoms. The third kappa shape index (κ3) is 4.26. The summed E-state index contributed by atoms with van der Waals surface area (Å²) in [6, 6.07) is 54.5. The number of nitrogens with zero attached hydrogens (tertiary/aromatic N) is 2. The maximum atomic E-state index is 5.54. The number of rotatable bonds is 4. The number of aromatic nitrogens is 2. The summed E-state index contributed by atoms with van der Waals surface area (Å²) < 4.78 is 0. The van der Waals surface area contributed by atoms with Gasteiger partial charge in [-0.25, -0.2) is 4.98 Å². The van der Waals surface area contributed by atoms with Crippen LogP contribution in [-0.2, 0) is 5.41 Å². The zero-order valence-electron chi connectivity index (χ0n) is 26.4. The summed E-state index contributed by atoms with van der Waals surface area (Å²) in [7, 11) is 0. The van der Waals surface area contributed by atoms with E-state index in [9.17, 15) is 0 Å². The van der Waals surface area contributed by atoms with Gasteiger partial charge in [0.15, 0.2) is 0 Å². The molecule has 1 aliphatic rings. The molecule has 9 rings (SSSR count). The van der Waals surface area contributed by atoms with Gasteiger partial charge in [-0.2, -0.15) is 0 Å². The van der Waals surface area contributed by atoms with E-state index in [1.54, 1.807) is 0 Å². The number of hydrogen-bond donors (Lipinski definition) is 0. The van der Waals surface area contributed by atoms with Gasteiger partial charge >= 0.3 is 0 Å². The Kier molecular flexibility index (Phi) is 6.20. The molecule has 0 aliphatic heterocycles. The minimum absolute atomic E-state index is 0.202. The van der Waals surface area contributed by atoms with Crippen LogP contribution >= 0.6 is 0 Å². The van der Waals surface area contributed by atoms with Crippen LogP contribution in [0.2, 0.25) is 0 Å². The van der Waals surface area contributed by atoms with Gasteiger partial charge in [0.05, 0.1) is 17.1 Å². The van der Waals surface area contributed by atoms with Crippen molar-refractivity contribution in [1.82, 2.24) is 9.97 Å². The molecule has 222 valence electrons. The van der Waals surface area contributed by atoms with Crippen molar-refractivity contribution < 1.29 is 0 Å². The number of fused-ring (bicyclic) bond motifs is 6. The van der Waals surface area contributed by atoms with Gasteiger partial charge in [-0.1, -0.05) is 141 Å². The summed E-state index contributed by atoms with van der Waals surface area (Å²) in [6.07, 6.45) is 1.84. The summed E-state index contributed by atoms with van der Waals surface area (Å²) in [4.78, 5) is 10.1. The highest BCUT2D eigenvalue weighted by Gasteiger charge is 2.39. The molecule has 0 atom stereocenters. The zero-order chi connectivity index (χ0) is 31.5. The lowest BCUT2D eigenvalue weighted by Gasteiger charge is -2.23. The van der Waals surface area contributed by atoms with Crippen LogP contribution in [0.3, 0.4) is 0 Å². The van der Waals surface area contributed by atoms with Gasteiger partial charge in [-0.05, 0) is 73.8 Å². The maximum absolute atomic E-state index is 5.54. The SMILES string of the molecule is CC1(C)c2ccc(-c3cccc(-c4ccccn4)c3)nc2-c2c1ccc1c(-c3ccccc3)c3ccccc3c(-c3ccccc3)c21. The van der Waals surface area contributed by atoms with E-state index in [-0.39, 0.29) is 5.41 Å². The second kappa shape index (κ2) is 10.6. The predicted molar refractivity (Wildman–Crippen MR) is 196 cm³/mol. The second-order valence-electron chi connectivity index (χ2n) is 13.0. The van der Waals surface area contributed by atoms with Gasteiger partial charge in [0.2, 0.25) is 0 Å². The first-order chi connectivity index (χ1) is 23.1. The largest absolute Gasteiger partial charge is 0.256 e. The van der Waals surface area contributed by atoms with E-state index in [2.05, 4.69) is 158 Å². The minimum atomic E-state index is -0.202. The average molecular weight is 601 g/mol. The van der Waals surface area contributed by atoms with Crippen LogP contribution in [0.1, 0.15) is 25.0 Å². The molecule has 0 unspecified atom stereocenters. The summed E-state index contributed by atoms with van der Waals surface area (Å²) in [5, 5.41) is 5.03. The Morgan fingerprint density at radius 2 is 1.02 bits per heavy atom. The summed E-state index contributed by atoms with van der Waals surface area (Å²) in [6.45, 7) is 4.68. The Morgan fingerprint density at radius 1 is 0.426 bits per heavy atom. The quantitative estimate of drug-likeness (QED) is 0.188. The van der Waals surface area contributed by atoms with Gasteiger partial charge in [-0.3, -0.25) is 4.98 Å². The van der Waals surface area contributed by atoms with Crippen molar-refractivity contribution in [2.24, 2.45) is 0 Å². The molecule has 0 fully saturated rings. The summed E-state index contributed by atoms with van der Waals surface area (Å²) >= 11 is 0. The predicted octanol–water partition coefficient (Wildman–Crippen LogP) is 11.8. The molecule has 2 aromatic heterocycles. The lowest BCUT2D eigenvalue weighted by Crippen LogP contribution is -2.15. The third-order valence-corrected chi connectivity index (χ3v) is 9.91. The maximum Gasteiger partial charge on any atom is 0.0759 e. The van der Waals surface area contributed by atoms with E-state index in [1.807, 2.05) is 18.3 Å². The molecule has 0 saturated carbocycles. The summed E-state index contributed by atoms with van der Waals surface area (Å²) in [5.41, 5.74) is 13.8. The molecule has 0 amide bonds. The fourth-order valence-corrected chi connectivity index (χ4v) is 7.69. The molecule has 47 heavy (non-hydrogen) atoms. The van der Waals surface area contributed by atoms with Gasteiger partial charge in [-0.15, -0.1) is 0 Å². The Hall–Kier alpha value is -5.86.